The predicted molar refractivity (Wildman–Crippen MR) is 58.9 cm³/mol. The Hall–Kier alpha value is -2.37. The average Bonchev–Trinajstić information content (AvgIpc) is 2.95. The van der Waals surface area contributed by atoms with E-state index < -0.39 is 0 Å². The molecule has 0 unspecified atom stereocenters. The van der Waals surface area contributed by atoms with Gasteiger partial charge in [0.15, 0.2) is 5.65 Å². The second-order valence-electron chi connectivity index (χ2n) is 3.37. The van der Waals surface area contributed by atoms with Gasteiger partial charge in [0.2, 0.25) is 5.95 Å². The van der Waals surface area contributed by atoms with Crippen LogP contribution >= 0.6 is 0 Å². The van der Waals surface area contributed by atoms with Gasteiger partial charge in [0, 0.05) is 12.4 Å². The minimum Gasteiger partial charge on any atom is -0.347 e. The number of fused-ring (bicyclic) bond motifs is 1. The van der Waals surface area contributed by atoms with Crippen LogP contribution in [0.5, 0.6) is 0 Å². The average molecular weight is 214 g/mol. The molecule has 0 radical (unpaired) electrons. The topological polar surface area (TPSA) is 70.9 Å². The zero-order valence-electron chi connectivity index (χ0n) is 8.46. The Morgan fingerprint density at radius 3 is 3.12 bits per heavy atom. The van der Waals surface area contributed by atoms with Gasteiger partial charge in [0.1, 0.15) is 0 Å². The van der Waals surface area contributed by atoms with Crippen LogP contribution in [0.4, 0.5) is 5.95 Å². The molecule has 0 atom stereocenters. The van der Waals surface area contributed by atoms with Gasteiger partial charge in [-0.3, -0.25) is 5.10 Å². The fraction of sp³-hybridized carbons (Fsp3) is 0.100. The van der Waals surface area contributed by atoms with Gasteiger partial charge in [-0.15, -0.1) is 5.10 Å². The number of hydrogen-bond donors (Lipinski definition) is 2. The summed E-state index contributed by atoms with van der Waals surface area (Å²) in [4.78, 5) is 4.32. The molecule has 0 saturated heterocycles. The minimum absolute atomic E-state index is 0.612. The largest absolute Gasteiger partial charge is 0.347 e. The molecule has 3 rings (SSSR count). The summed E-state index contributed by atoms with van der Waals surface area (Å²) in [5.74, 6) is 0.612. The summed E-state index contributed by atoms with van der Waals surface area (Å²) in [5, 5.41) is 14.1. The number of pyridine rings is 1. The summed E-state index contributed by atoms with van der Waals surface area (Å²) in [6, 6.07) is 7.67. The molecule has 6 heteroatoms. The number of nitrogens with one attached hydrogen (secondary N) is 2. The highest BCUT2D eigenvalue weighted by molar-refractivity contribution is 5.42. The lowest BCUT2D eigenvalue weighted by atomic mass is 10.4. The van der Waals surface area contributed by atoms with E-state index in [2.05, 4.69) is 25.6 Å². The number of anilines is 1. The smallest absolute Gasteiger partial charge is 0.243 e. The van der Waals surface area contributed by atoms with Crippen molar-refractivity contribution in [2.24, 2.45) is 0 Å². The summed E-state index contributed by atoms with van der Waals surface area (Å²) in [6.07, 6.45) is 3.58. The summed E-state index contributed by atoms with van der Waals surface area (Å²) in [5.41, 5.74) is 1.83. The number of nitrogens with zero attached hydrogens (tertiary/aromatic N) is 4. The normalized spacial score (nSPS) is 10.8. The Morgan fingerprint density at radius 1 is 1.31 bits per heavy atom. The second-order valence-corrected chi connectivity index (χ2v) is 3.37. The van der Waals surface area contributed by atoms with Gasteiger partial charge < -0.3 is 5.32 Å². The van der Waals surface area contributed by atoms with Gasteiger partial charge in [-0.25, -0.2) is 4.52 Å². The second kappa shape index (κ2) is 3.65. The van der Waals surface area contributed by atoms with Crippen molar-refractivity contribution in [3.05, 3.63) is 42.4 Å². The molecule has 0 aromatic carbocycles. The standard InChI is InChI=1S/C10H10N6/c1-2-6-16-9(3-1)13-10(15-16)11-7-8-4-5-12-14-8/h1-6H,7H2,(H,11,15)(H,12,14). The first-order chi connectivity index (χ1) is 7.92. The van der Waals surface area contributed by atoms with Crippen LogP contribution in [0.2, 0.25) is 0 Å². The van der Waals surface area contributed by atoms with Crippen LogP contribution in [0.25, 0.3) is 5.65 Å². The van der Waals surface area contributed by atoms with Gasteiger partial charge >= 0.3 is 0 Å². The van der Waals surface area contributed by atoms with Gasteiger partial charge in [-0.1, -0.05) is 6.07 Å². The lowest BCUT2D eigenvalue weighted by Crippen LogP contribution is -2.01. The fourth-order valence-electron chi connectivity index (χ4n) is 1.46. The minimum atomic E-state index is 0.612. The molecule has 0 bridgehead atoms. The highest BCUT2D eigenvalue weighted by Crippen LogP contribution is 2.05. The molecule has 2 N–H and O–H groups in total. The van der Waals surface area contributed by atoms with Crippen molar-refractivity contribution in [2.45, 2.75) is 6.54 Å². The first kappa shape index (κ1) is 8.90. The van der Waals surface area contributed by atoms with Crippen LogP contribution < -0.4 is 5.32 Å². The molecule has 0 amide bonds. The SMILES string of the molecule is c1ccn2nc(NCc3ccn[nH]3)nc2c1. The van der Waals surface area contributed by atoms with E-state index in [4.69, 9.17) is 0 Å². The van der Waals surface area contributed by atoms with E-state index in [-0.39, 0.29) is 0 Å². The molecule has 6 nitrogen and oxygen atoms in total. The third-order valence-corrected chi connectivity index (χ3v) is 2.24. The number of H-pyrrole nitrogens is 1. The first-order valence-electron chi connectivity index (χ1n) is 4.95. The summed E-state index contributed by atoms with van der Waals surface area (Å²) >= 11 is 0. The Bertz CT molecular complexity index is 549. The quantitative estimate of drug-likeness (QED) is 0.684. The third kappa shape index (κ3) is 1.60. The maximum Gasteiger partial charge on any atom is 0.243 e. The van der Waals surface area contributed by atoms with Crippen LogP contribution in [-0.2, 0) is 6.54 Å². The molecule has 0 saturated carbocycles. The third-order valence-electron chi connectivity index (χ3n) is 2.24. The van der Waals surface area contributed by atoms with Crippen LogP contribution in [0, 0.1) is 0 Å². The number of aromatic nitrogens is 5. The van der Waals surface area contributed by atoms with E-state index in [1.165, 1.54) is 0 Å². The van der Waals surface area contributed by atoms with E-state index in [1.54, 1.807) is 10.7 Å². The van der Waals surface area contributed by atoms with Crippen molar-refractivity contribution in [3.8, 4) is 0 Å². The maximum absolute atomic E-state index is 4.32. The van der Waals surface area contributed by atoms with E-state index >= 15 is 0 Å². The first-order valence-corrected chi connectivity index (χ1v) is 4.95. The molecule has 0 fully saturated rings. The molecule has 16 heavy (non-hydrogen) atoms. The highest BCUT2D eigenvalue weighted by atomic mass is 15.3. The van der Waals surface area contributed by atoms with Crippen LogP contribution in [0.1, 0.15) is 5.69 Å². The molecule has 3 heterocycles. The fourth-order valence-corrected chi connectivity index (χ4v) is 1.46. The maximum atomic E-state index is 4.32. The lowest BCUT2D eigenvalue weighted by molar-refractivity contribution is 0.932. The summed E-state index contributed by atoms with van der Waals surface area (Å²) < 4.78 is 1.73. The Kier molecular flexibility index (Phi) is 2.03. The molecule has 0 aliphatic carbocycles. The number of rotatable bonds is 3. The summed E-state index contributed by atoms with van der Waals surface area (Å²) in [6.45, 7) is 0.636. The van der Waals surface area contributed by atoms with E-state index in [0.717, 1.165) is 11.3 Å². The molecule has 3 aromatic rings. The Morgan fingerprint density at radius 2 is 2.31 bits per heavy atom. The van der Waals surface area contributed by atoms with E-state index in [9.17, 15) is 0 Å². The van der Waals surface area contributed by atoms with Crippen molar-refractivity contribution < 1.29 is 0 Å². The van der Waals surface area contributed by atoms with Crippen LogP contribution in [-0.4, -0.2) is 24.8 Å². The van der Waals surface area contributed by atoms with E-state index in [1.807, 2.05) is 30.5 Å². The van der Waals surface area contributed by atoms with Crippen molar-refractivity contribution in [2.75, 3.05) is 5.32 Å². The monoisotopic (exact) mass is 214 g/mol. The highest BCUT2D eigenvalue weighted by Gasteiger charge is 2.01. The van der Waals surface area contributed by atoms with Gasteiger partial charge in [-0.2, -0.15) is 10.1 Å². The Balaban J connectivity index is 1.79. The zero-order valence-corrected chi connectivity index (χ0v) is 8.46. The molecule has 0 aliphatic heterocycles. The van der Waals surface area contributed by atoms with E-state index in [0.29, 0.717) is 12.5 Å². The molecular formula is C10H10N6. The zero-order chi connectivity index (χ0) is 10.8. The lowest BCUT2D eigenvalue weighted by Gasteiger charge is -1.96. The van der Waals surface area contributed by atoms with Gasteiger partial charge in [0.25, 0.3) is 0 Å². The van der Waals surface area contributed by atoms with Crippen LogP contribution in [0.3, 0.4) is 0 Å². The van der Waals surface area contributed by atoms with Crippen molar-refractivity contribution in [1.82, 2.24) is 24.8 Å². The van der Waals surface area contributed by atoms with Crippen molar-refractivity contribution in [3.63, 3.8) is 0 Å². The van der Waals surface area contributed by atoms with Gasteiger partial charge in [0.05, 0.1) is 12.2 Å². The Labute approximate surface area is 91.3 Å². The molecular weight excluding hydrogens is 204 g/mol. The summed E-state index contributed by atoms with van der Waals surface area (Å²) in [7, 11) is 0. The molecule has 80 valence electrons. The van der Waals surface area contributed by atoms with Crippen molar-refractivity contribution in [1.29, 1.82) is 0 Å². The molecule has 3 aromatic heterocycles. The number of hydrogen-bond acceptors (Lipinski definition) is 4. The predicted octanol–water partition coefficient (Wildman–Crippen LogP) is 1.06. The van der Waals surface area contributed by atoms with Crippen molar-refractivity contribution >= 4 is 11.6 Å². The molecule has 0 spiro atoms. The molecule has 0 aliphatic rings. The van der Waals surface area contributed by atoms with Crippen LogP contribution in [0.15, 0.2) is 36.7 Å². The number of aromatic amines is 1. The van der Waals surface area contributed by atoms with Gasteiger partial charge in [-0.05, 0) is 18.2 Å².